The van der Waals surface area contributed by atoms with Crippen molar-refractivity contribution in [2.45, 2.75) is 6.92 Å². The maximum absolute atomic E-state index is 4.05. The van der Waals surface area contributed by atoms with Gasteiger partial charge in [-0.2, -0.15) is 5.10 Å². The minimum Gasteiger partial charge on any atom is -0.283 e. The Labute approximate surface area is 47.6 Å². The molecule has 0 aromatic rings. The normalized spacial score (nSPS) is 20.3. The predicted octanol–water partition coefficient (Wildman–Crippen LogP) is 1.12. The summed E-state index contributed by atoms with van der Waals surface area (Å²) in [6.07, 6.45) is 0. The molecule has 1 aliphatic rings. The zero-order valence-corrected chi connectivity index (χ0v) is 5.20. The Kier molecular flexibility index (Phi) is 1.23. The summed E-state index contributed by atoms with van der Waals surface area (Å²) in [7, 11) is 1.92. The first kappa shape index (κ1) is 4.97. The summed E-state index contributed by atoms with van der Waals surface area (Å²) in [5.41, 5.74) is 0. The lowest BCUT2D eigenvalue weighted by Crippen LogP contribution is -1.97. The molecule has 1 heterocycles. The summed E-state index contributed by atoms with van der Waals surface area (Å²) in [4.78, 5) is 0. The van der Waals surface area contributed by atoms with Gasteiger partial charge < -0.3 is 0 Å². The summed E-state index contributed by atoms with van der Waals surface area (Å²) < 4.78 is 0. The number of hydrogen-bond donors (Lipinski definition) is 0. The van der Waals surface area contributed by atoms with E-state index in [-0.39, 0.29) is 0 Å². The second-order valence-electron chi connectivity index (χ2n) is 1.42. The summed E-state index contributed by atoms with van der Waals surface area (Å²) in [6, 6.07) is 0. The van der Waals surface area contributed by atoms with Gasteiger partial charge in [0.05, 0.1) is 5.04 Å². The van der Waals surface area contributed by atoms with E-state index in [9.17, 15) is 0 Å². The van der Waals surface area contributed by atoms with Gasteiger partial charge in [0.15, 0.2) is 0 Å². The minimum atomic E-state index is 1.11. The topological polar surface area (TPSA) is 15.6 Å². The number of hydrogen-bond acceptors (Lipinski definition) is 3. The maximum Gasteiger partial charge on any atom is 0.129 e. The Morgan fingerprint density at radius 3 is 2.71 bits per heavy atom. The molecule has 0 amide bonds. The maximum atomic E-state index is 4.05. The first-order valence-electron chi connectivity index (χ1n) is 2.07. The molecule has 0 bridgehead atoms. The van der Waals surface area contributed by atoms with Crippen molar-refractivity contribution < 1.29 is 0 Å². The fourth-order valence-electron chi connectivity index (χ4n) is 0.422. The second-order valence-corrected chi connectivity index (χ2v) is 2.45. The average molecular weight is 115 g/mol. The van der Waals surface area contributed by atoms with E-state index in [2.05, 4.69) is 5.10 Å². The van der Waals surface area contributed by atoms with Gasteiger partial charge in [0.25, 0.3) is 0 Å². The molecule has 1 radical (unpaired) electrons. The molecule has 1 rings (SSSR count). The standard InChI is InChI=1S/C4H7N2S/c1-4-5-6(2)3-7-4/h3H,1-2H3. The van der Waals surface area contributed by atoms with Gasteiger partial charge in [-0.05, 0) is 6.92 Å². The number of hydrazone groups is 1. The van der Waals surface area contributed by atoms with Gasteiger partial charge in [0.1, 0.15) is 5.88 Å². The van der Waals surface area contributed by atoms with E-state index in [0.29, 0.717) is 0 Å². The smallest absolute Gasteiger partial charge is 0.129 e. The molecule has 0 spiro atoms. The molecular weight excluding hydrogens is 108 g/mol. The van der Waals surface area contributed by atoms with E-state index in [1.54, 1.807) is 16.8 Å². The molecule has 0 unspecified atom stereocenters. The fraction of sp³-hybridized carbons (Fsp3) is 0.500. The van der Waals surface area contributed by atoms with Crippen LogP contribution in [0.2, 0.25) is 0 Å². The Balaban J connectivity index is 2.50. The van der Waals surface area contributed by atoms with Crippen LogP contribution in [0.5, 0.6) is 0 Å². The summed E-state index contributed by atoms with van der Waals surface area (Å²) in [5, 5.41) is 6.97. The number of thioether (sulfide) groups is 1. The van der Waals surface area contributed by atoms with E-state index < -0.39 is 0 Å². The molecule has 0 aromatic carbocycles. The van der Waals surface area contributed by atoms with Crippen LogP contribution < -0.4 is 0 Å². The molecule has 0 N–H and O–H groups in total. The molecule has 2 nitrogen and oxygen atoms in total. The molecule has 7 heavy (non-hydrogen) atoms. The van der Waals surface area contributed by atoms with Crippen molar-refractivity contribution in [2.24, 2.45) is 5.10 Å². The van der Waals surface area contributed by atoms with Crippen molar-refractivity contribution in [1.29, 1.82) is 0 Å². The van der Waals surface area contributed by atoms with Gasteiger partial charge in [-0.25, -0.2) is 0 Å². The summed E-state index contributed by atoms with van der Waals surface area (Å²) in [5.74, 6) is 1.97. The van der Waals surface area contributed by atoms with Gasteiger partial charge in [0, 0.05) is 7.05 Å². The molecule has 0 aromatic heterocycles. The Morgan fingerprint density at radius 1 is 1.86 bits per heavy atom. The molecule has 0 atom stereocenters. The predicted molar refractivity (Wildman–Crippen MR) is 32.8 cm³/mol. The fourth-order valence-corrected chi connectivity index (χ4v) is 0.950. The molecule has 0 saturated heterocycles. The Morgan fingerprint density at radius 2 is 2.57 bits per heavy atom. The van der Waals surface area contributed by atoms with E-state index >= 15 is 0 Å². The monoisotopic (exact) mass is 115 g/mol. The molecule has 0 saturated carbocycles. The van der Waals surface area contributed by atoms with Crippen molar-refractivity contribution in [3.05, 3.63) is 5.88 Å². The second kappa shape index (κ2) is 1.74. The highest BCUT2D eigenvalue weighted by Crippen LogP contribution is 2.18. The zero-order valence-electron chi connectivity index (χ0n) is 4.38. The number of nitrogens with zero attached hydrogens (tertiary/aromatic N) is 2. The van der Waals surface area contributed by atoms with Gasteiger partial charge >= 0.3 is 0 Å². The SMILES string of the molecule is CC1=NN(C)[CH]S1. The van der Waals surface area contributed by atoms with Gasteiger partial charge in [-0.1, -0.05) is 11.8 Å². The van der Waals surface area contributed by atoms with Crippen LogP contribution in [-0.2, 0) is 0 Å². The van der Waals surface area contributed by atoms with Crippen LogP contribution in [0.1, 0.15) is 6.92 Å². The summed E-state index contributed by atoms with van der Waals surface area (Å²) >= 11 is 1.66. The van der Waals surface area contributed by atoms with Crippen LogP contribution in [-0.4, -0.2) is 17.1 Å². The first-order valence-corrected chi connectivity index (χ1v) is 2.95. The highest BCUT2D eigenvalue weighted by Gasteiger charge is 2.04. The van der Waals surface area contributed by atoms with E-state index in [1.807, 2.05) is 19.8 Å². The van der Waals surface area contributed by atoms with Gasteiger partial charge in [0.2, 0.25) is 0 Å². The summed E-state index contributed by atoms with van der Waals surface area (Å²) in [6.45, 7) is 1.99. The molecule has 1 aliphatic heterocycles. The lowest BCUT2D eigenvalue weighted by atomic mass is 10.9. The highest BCUT2D eigenvalue weighted by atomic mass is 32.2. The average Bonchev–Trinajstić information content (AvgIpc) is 1.87. The lowest BCUT2D eigenvalue weighted by molar-refractivity contribution is 0.480. The van der Waals surface area contributed by atoms with Crippen LogP contribution in [0.15, 0.2) is 5.10 Å². The van der Waals surface area contributed by atoms with Crippen LogP contribution in [0.4, 0.5) is 0 Å². The number of rotatable bonds is 0. The quantitative estimate of drug-likeness (QED) is 0.470. The van der Waals surface area contributed by atoms with Crippen molar-refractivity contribution in [1.82, 2.24) is 5.01 Å². The van der Waals surface area contributed by atoms with Crippen LogP contribution in [0.25, 0.3) is 0 Å². The van der Waals surface area contributed by atoms with Crippen molar-refractivity contribution in [3.8, 4) is 0 Å². The van der Waals surface area contributed by atoms with Crippen molar-refractivity contribution in [2.75, 3.05) is 7.05 Å². The largest absolute Gasteiger partial charge is 0.283 e. The first-order chi connectivity index (χ1) is 3.29. The lowest BCUT2D eigenvalue weighted by Gasteiger charge is -1.98. The van der Waals surface area contributed by atoms with Crippen LogP contribution in [0.3, 0.4) is 0 Å². The van der Waals surface area contributed by atoms with E-state index in [1.165, 1.54) is 0 Å². The molecule has 3 heteroatoms. The van der Waals surface area contributed by atoms with E-state index in [4.69, 9.17) is 0 Å². The third-order valence-electron chi connectivity index (χ3n) is 0.674. The van der Waals surface area contributed by atoms with Crippen LogP contribution >= 0.6 is 11.8 Å². The van der Waals surface area contributed by atoms with Gasteiger partial charge in [-0.3, -0.25) is 5.01 Å². The third kappa shape index (κ3) is 1.09. The molecule has 39 valence electrons. The zero-order chi connectivity index (χ0) is 5.28. The molecule has 0 fully saturated rings. The molecule has 0 aliphatic carbocycles. The van der Waals surface area contributed by atoms with Gasteiger partial charge in [-0.15, -0.1) is 0 Å². The third-order valence-corrected chi connectivity index (χ3v) is 1.51. The van der Waals surface area contributed by atoms with Crippen molar-refractivity contribution in [3.63, 3.8) is 0 Å². The Hall–Kier alpha value is -0.180. The molecular formula is C4H7N2S. The van der Waals surface area contributed by atoms with Crippen LogP contribution in [0, 0.1) is 5.88 Å². The minimum absolute atomic E-state index is 1.11. The van der Waals surface area contributed by atoms with Crippen molar-refractivity contribution >= 4 is 16.8 Å². The Bertz CT molecular complexity index is 99.9. The van der Waals surface area contributed by atoms with E-state index in [0.717, 1.165) is 5.04 Å². The highest BCUT2D eigenvalue weighted by molar-refractivity contribution is 8.15.